The number of carbonyl (C=O) groups excluding carboxylic acids is 6. The van der Waals surface area contributed by atoms with E-state index in [1.807, 2.05) is 0 Å². The zero-order valence-corrected chi connectivity index (χ0v) is 38.2. The number of esters is 1. The lowest BCUT2D eigenvalue weighted by Crippen LogP contribution is -2.52. The van der Waals surface area contributed by atoms with Gasteiger partial charge in [0, 0.05) is 44.6 Å². The number of sulfone groups is 1. The Bertz CT molecular complexity index is 1680. The first-order chi connectivity index (χ1) is 26.8. The van der Waals surface area contributed by atoms with Crippen LogP contribution in [0.1, 0.15) is 184 Å². The van der Waals surface area contributed by atoms with Gasteiger partial charge >= 0.3 is 5.97 Å². The van der Waals surface area contributed by atoms with E-state index in [4.69, 9.17) is 4.74 Å². The topological polar surface area (TPSA) is 149 Å². The molecular weight excluding hydrogens is 755 g/mol. The number of Topliss-reactive ketones (excluding diaryl/α,β-unsaturated/α-hetero) is 4. The maximum atomic E-state index is 15.2. The largest absolute Gasteiger partial charge is 0.460 e. The van der Waals surface area contributed by atoms with E-state index < -0.39 is 66.4 Å². The Kier molecular flexibility index (Phi) is 14.1. The first kappa shape index (κ1) is 46.6. The number of hydrogen-bond donors (Lipinski definition) is 0. The van der Waals surface area contributed by atoms with E-state index in [0.29, 0.717) is 25.8 Å². The average molecular weight is 830 g/mol. The van der Waals surface area contributed by atoms with Gasteiger partial charge in [0.05, 0.1) is 22.5 Å². The number of ether oxygens (including phenoxy) is 1. The van der Waals surface area contributed by atoms with Gasteiger partial charge in [-0.05, 0) is 114 Å². The highest BCUT2D eigenvalue weighted by Crippen LogP contribution is 2.65. The summed E-state index contributed by atoms with van der Waals surface area (Å²) in [6.45, 7) is 17.3. The number of rotatable bonds is 19. The van der Waals surface area contributed by atoms with Crippen LogP contribution in [0.15, 0.2) is 0 Å². The van der Waals surface area contributed by atoms with Crippen molar-refractivity contribution in [1.29, 1.82) is 0 Å². The minimum atomic E-state index is -3.49. The Hall–Kier alpha value is -2.43. The van der Waals surface area contributed by atoms with E-state index in [0.717, 1.165) is 64.2 Å². The number of nitrogens with zero attached hydrogens (tertiary/aromatic N) is 1. The fourth-order valence-corrected chi connectivity index (χ4v) is 12.6. The maximum absolute atomic E-state index is 15.2. The van der Waals surface area contributed by atoms with E-state index in [1.54, 1.807) is 46.4 Å². The van der Waals surface area contributed by atoms with Gasteiger partial charge in [-0.25, -0.2) is 8.42 Å². The first-order valence-electron chi connectivity index (χ1n) is 22.7. The minimum absolute atomic E-state index is 0.0272. The molecule has 5 aliphatic rings. The van der Waals surface area contributed by atoms with Crippen molar-refractivity contribution in [1.82, 2.24) is 4.90 Å². The summed E-state index contributed by atoms with van der Waals surface area (Å²) in [5.74, 6) is -3.04. The highest BCUT2D eigenvalue weighted by Gasteiger charge is 2.69. The van der Waals surface area contributed by atoms with Gasteiger partial charge in [-0.3, -0.25) is 28.8 Å². The lowest BCUT2D eigenvalue weighted by Gasteiger charge is -2.44. The second-order valence-corrected chi connectivity index (χ2v) is 25.0. The molecule has 1 saturated heterocycles. The molecule has 11 heteroatoms. The molecule has 5 atom stereocenters. The van der Waals surface area contributed by atoms with Crippen molar-refractivity contribution in [3.8, 4) is 0 Å². The summed E-state index contributed by atoms with van der Waals surface area (Å²) in [6, 6.07) is -0.726. The summed E-state index contributed by atoms with van der Waals surface area (Å²) in [7, 11) is -3.49. The summed E-state index contributed by atoms with van der Waals surface area (Å²) in [6.07, 6.45) is 11.3. The maximum Gasteiger partial charge on any atom is 0.306 e. The van der Waals surface area contributed by atoms with Crippen molar-refractivity contribution in [3.05, 3.63) is 0 Å². The Morgan fingerprint density at radius 3 is 1.93 bits per heavy atom. The third kappa shape index (κ3) is 11.1. The summed E-state index contributed by atoms with van der Waals surface area (Å²) in [4.78, 5) is 85.2. The van der Waals surface area contributed by atoms with Crippen LogP contribution in [0.4, 0.5) is 0 Å². The second kappa shape index (κ2) is 17.5. The molecule has 1 amide bonds. The number of fused-ring (bicyclic) bond motifs is 1. The van der Waals surface area contributed by atoms with E-state index in [2.05, 4.69) is 20.8 Å². The summed E-state index contributed by atoms with van der Waals surface area (Å²) in [5, 5.41) is 0. The zero-order chi connectivity index (χ0) is 43.1. The van der Waals surface area contributed by atoms with Crippen molar-refractivity contribution in [2.45, 2.75) is 201 Å². The molecule has 1 aliphatic heterocycles. The molecule has 4 aliphatic carbocycles. The molecule has 0 radical (unpaired) electrons. The molecule has 0 bridgehead atoms. The molecular formula is C47H75NO9S. The molecule has 328 valence electrons. The van der Waals surface area contributed by atoms with E-state index >= 15 is 4.79 Å². The highest BCUT2D eigenvalue weighted by atomic mass is 32.2. The molecule has 0 aromatic heterocycles. The fourth-order valence-electron chi connectivity index (χ4n) is 11.0. The van der Waals surface area contributed by atoms with E-state index in [1.165, 1.54) is 0 Å². The zero-order valence-electron chi connectivity index (χ0n) is 37.3. The number of hydrogen-bond acceptors (Lipinski definition) is 9. The normalized spacial score (nSPS) is 26.2. The van der Waals surface area contributed by atoms with Crippen LogP contribution >= 0.6 is 0 Å². The van der Waals surface area contributed by atoms with Gasteiger partial charge in [-0.2, -0.15) is 0 Å². The van der Waals surface area contributed by atoms with Crippen LogP contribution in [0, 0.1) is 45.8 Å². The molecule has 1 heterocycles. The van der Waals surface area contributed by atoms with Crippen molar-refractivity contribution >= 4 is 44.8 Å². The number of ketones is 4. The second-order valence-electron chi connectivity index (χ2n) is 22.3. The summed E-state index contributed by atoms with van der Waals surface area (Å²) >= 11 is 0. The van der Waals surface area contributed by atoms with Crippen LogP contribution in [0.2, 0.25) is 0 Å². The smallest absolute Gasteiger partial charge is 0.306 e. The molecule has 5 rings (SSSR count). The van der Waals surface area contributed by atoms with Crippen molar-refractivity contribution < 1.29 is 41.9 Å². The number of amides is 1. The molecule has 0 N–H and O–H groups in total. The van der Waals surface area contributed by atoms with Crippen molar-refractivity contribution in [2.24, 2.45) is 45.8 Å². The van der Waals surface area contributed by atoms with Gasteiger partial charge in [0.1, 0.15) is 11.4 Å². The molecule has 2 unspecified atom stereocenters. The van der Waals surface area contributed by atoms with Crippen molar-refractivity contribution in [3.63, 3.8) is 0 Å². The lowest BCUT2D eigenvalue weighted by molar-refractivity contribution is -0.155. The van der Waals surface area contributed by atoms with Crippen LogP contribution in [-0.2, 0) is 43.3 Å². The molecule has 0 aromatic carbocycles. The SMILES string of the molecule is CC(C)(C)OC(=O)CCCC(=O)C(=O)C(CC(=O)[C@@H]1[C@@H]2C(CN1C(=O)[C@@H](CC(=O)CC1(CS(=O)(=O)C(C)(C)C)CCCCC1)C1(C)CCCCC1)C2(C)C)CC1CC1. The van der Waals surface area contributed by atoms with Gasteiger partial charge < -0.3 is 9.64 Å². The van der Waals surface area contributed by atoms with Gasteiger partial charge in [0.15, 0.2) is 21.4 Å². The van der Waals surface area contributed by atoms with Crippen molar-refractivity contribution in [2.75, 3.05) is 12.3 Å². The van der Waals surface area contributed by atoms with Gasteiger partial charge in [-0.1, -0.05) is 72.1 Å². The quantitative estimate of drug-likeness (QED) is 0.0922. The molecule has 58 heavy (non-hydrogen) atoms. The van der Waals surface area contributed by atoms with E-state index in [9.17, 15) is 32.4 Å². The predicted octanol–water partition coefficient (Wildman–Crippen LogP) is 8.59. The number of piperidine rings is 1. The standard InChI is InChI=1S/C47H75NO9S/c1-43(2,3)57-38(52)18-16-17-36(50)41(53)32(25-31-19-20-31)26-37(51)40-39-35(45(39,7)8)29-48(40)42(54)34(46(9)21-12-10-13-22-46)27-33(49)28-47(23-14-11-15-24-47)30-58(55,56)44(4,5)6/h31-32,34-35,39-40H,10-30H2,1-9H3/t32?,34-,35?,39+,40-/m1/s1. The van der Waals surface area contributed by atoms with Crippen LogP contribution in [-0.4, -0.2) is 77.0 Å². The van der Waals surface area contributed by atoms with Gasteiger partial charge in [0.25, 0.3) is 0 Å². The molecule has 0 aromatic rings. The van der Waals surface area contributed by atoms with E-state index in [-0.39, 0.29) is 84.9 Å². The number of carbonyl (C=O) groups is 6. The predicted molar refractivity (Wildman–Crippen MR) is 224 cm³/mol. The van der Waals surface area contributed by atoms with Crippen LogP contribution in [0.25, 0.3) is 0 Å². The Balaban J connectivity index is 1.35. The minimum Gasteiger partial charge on any atom is -0.460 e. The Morgan fingerprint density at radius 2 is 1.38 bits per heavy atom. The third-order valence-corrected chi connectivity index (χ3v) is 17.8. The molecule has 5 fully saturated rings. The molecule has 4 saturated carbocycles. The van der Waals surface area contributed by atoms with Gasteiger partial charge in [0.2, 0.25) is 11.7 Å². The highest BCUT2D eigenvalue weighted by molar-refractivity contribution is 7.92. The fraction of sp³-hybridized carbons (Fsp3) is 0.872. The third-order valence-electron chi connectivity index (χ3n) is 14.9. The molecule has 0 spiro atoms. The Morgan fingerprint density at radius 1 is 0.793 bits per heavy atom. The first-order valence-corrected chi connectivity index (χ1v) is 24.3. The monoisotopic (exact) mass is 830 g/mol. The van der Waals surface area contributed by atoms with Crippen LogP contribution in [0.5, 0.6) is 0 Å². The Labute approximate surface area is 349 Å². The van der Waals surface area contributed by atoms with Crippen LogP contribution < -0.4 is 0 Å². The lowest BCUT2D eigenvalue weighted by atomic mass is 9.64. The average Bonchev–Trinajstić information content (AvgIpc) is 3.96. The van der Waals surface area contributed by atoms with Crippen LogP contribution in [0.3, 0.4) is 0 Å². The van der Waals surface area contributed by atoms with Gasteiger partial charge in [-0.15, -0.1) is 0 Å². The number of likely N-dealkylation sites (tertiary alicyclic amines) is 1. The summed E-state index contributed by atoms with van der Waals surface area (Å²) in [5.41, 5.74) is -1.88. The molecule has 10 nitrogen and oxygen atoms in total. The summed E-state index contributed by atoms with van der Waals surface area (Å²) < 4.78 is 31.6.